The van der Waals surface area contributed by atoms with Gasteiger partial charge >= 0.3 is 6.61 Å². The molecule has 0 aliphatic carbocycles. The van der Waals surface area contributed by atoms with Gasteiger partial charge in [-0.1, -0.05) is 18.2 Å². The molecule has 0 aliphatic heterocycles. The van der Waals surface area contributed by atoms with Crippen LogP contribution in [0.25, 0.3) is 33.1 Å². The first-order valence-electron chi connectivity index (χ1n) is 7.69. The molecule has 0 bridgehead atoms. The van der Waals surface area contributed by atoms with Gasteiger partial charge in [0.15, 0.2) is 11.3 Å². The molecule has 0 aliphatic rings. The van der Waals surface area contributed by atoms with Crippen molar-refractivity contribution in [3.8, 4) is 16.9 Å². The lowest BCUT2D eigenvalue weighted by atomic mass is 9.95. The topological polar surface area (TPSA) is 78.4 Å². The fraction of sp³-hybridized carbons (Fsp3) is 0.0526. The average molecular weight is 354 g/mol. The number of amides is 1. The summed E-state index contributed by atoms with van der Waals surface area (Å²) in [5, 5.41) is 0.935. The third kappa shape index (κ3) is 2.54. The van der Waals surface area contributed by atoms with Crippen LogP contribution in [0.2, 0.25) is 0 Å². The van der Waals surface area contributed by atoms with Crippen molar-refractivity contribution >= 4 is 27.8 Å². The largest absolute Gasteiger partial charge is 0.452 e. The first-order valence-corrected chi connectivity index (χ1v) is 7.69. The molecule has 2 aromatic heterocycles. The van der Waals surface area contributed by atoms with E-state index in [2.05, 4.69) is 9.72 Å². The van der Waals surface area contributed by atoms with Crippen LogP contribution in [-0.4, -0.2) is 17.5 Å². The fourth-order valence-corrected chi connectivity index (χ4v) is 3.07. The highest BCUT2D eigenvalue weighted by Gasteiger charge is 2.24. The van der Waals surface area contributed by atoms with Crippen molar-refractivity contribution in [1.29, 1.82) is 0 Å². The second-order valence-corrected chi connectivity index (χ2v) is 5.58. The van der Waals surface area contributed by atoms with Gasteiger partial charge in [0.05, 0.1) is 5.56 Å². The molecule has 0 saturated carbocycles. The summed E-state index contributed by atoms with van der Waals surface area (Å²) in [5.74, 6) is -0.861. The van der Waals surface area contributed by atoms with E-state index in [0.717, 1.165) is 0 Å². The van der Waals surface area contributed by atoms with E-state index in [-0.39, 0.29) is 16.9 Å². The van der Waals surface area contributed by atoms with Gasteiger partial charge in [-0.25, -0.2) is 0 Å². The van der Waals surface area contributed by atoms with Crippen molar-refractivity contribution in [1.82, 2.24) is 4.98 Å². The number of aromatic nitrogens is 1. The number of para-hydroxylation sites is 1. The number of furan rings is 1. The summed E-state index contributed by atoms with van der Waals surface area (Å²) >= 11 is 0. The van der Waals surface area contributed by atoms with Crippen molar-refractivity contribution in [2.75, 3.05) is 0 Å². The lowest BCUT2D eigenvalue weighted by Crippen LogP contribution is -2.14. The molecule has 0 radical (unpaired) electrons. The van der Waals surface area contributed by atoms with Crippen LogP contribution in [-0.2, 0) is 0 Å². The number of nitrogens with zero attached hydrogens (tertiary/aromatic N) is 1. The van der Waals surface area contributed by atoms with Crippen molar-refractivity contribution in [3.05, 3.63) is 60.4 Å². The number of hydrogen-bond donors (Lipinski definition) is 1. The summed E-state index contributed by atoms with van der Waals surface area (Å²) in [4.78, 5) is 16.2. The predicted octanol–water partition coefficient (Wildman–Crippen LogP) is 4.35. The number of carbonyl (C=O) groups is 1. The van der Waals surface area contributed by atoms with Crippen molar-refractivity contribution in [2.24, 2.45) is 5.73 Å². The fourth-order valence-electron chi connectivity index (χ4n) is 3.07. The van der Waals surface area contributed by atoms with Gasteiger partial charge in [-0.05, 0) is 35.4 Å². The Hall–Kier alpha value is -3.48. The standard InChI is InChI=1S/C19H12F2N2O3/c20-19(21)26-14-9-12(10-5-7-23-8-6-10)16(18(22)24)15-11-3-1-2-4-13(11)25-17(14)15/h1-9,19H,(H2,22,24). The molecule has 7 heteroatoms. The Labute approximate surface area is 146 Å². The third-order valence-corrected chi connectivity index (χ3v) is 4.07. The Kier molecular flexibility index (Phi) is 3.76. The van der Waals surface area contributed by atoms with Gasteiger partial charge in [0, 0.05) is 23.2 Å². The van der Waals surface area contributed by atoms with Crippen molar-refractivity contribution in [3.63, 3.8) is 0 Å². The third-order valence-electron chi connectivity index (χ3n) is 4.07. The van der Waals surface area contributed by atoms with Crippen LogP contribution in [0.4, 0.5) is 8.78 Å². The molecule has 0 unspecified atom stereocenters. The first-order chi connectivity index (χ1) is 12.6. The lowest BCUT2D eigenvalue weighted by molar-refractivity contribution is -0.0493. The predicted molar refractivity (Wildman–Crippen MR) is 92.1 cm³/mol. The first kappa shape index (κ1) is 16.0. The summed E-state index contributed by atoms with van der Waals surface area (Å²) in [7, 11) is 0. The Bertz CT molecular complexity index is 1120. The number of hydrogen-bond acceptors (Lipinski definition) is 4. The van der Waals surface area contributed by atoms with E-state index in [4.69, 9.17) is 10.2 Å². The molecule has 4 aromatic rings. The molecule has 2 heterocycles. The smallest absolute Gasteiger partial charge is 0.387 e. The van der Waals surface area contributed by atoms with Gasteiger partial charge in [-0.15, -0.1) is 0 Å². The summed E-state index contributed by atoms with van der Waals surface area (Å²) in [6.45, 7) is -3.05. The number of pyridine rings is 1. The van der Waals surface area contributed by atoms with Gasteiger partial charge in [0.1, 0.15) is 5.58 Å². The van der Waals surface area contributed by atoms with Crippen LogP contribution >= 0.6 is 0 Å². The van der Waals surface area contributed by atoms with E-state index in [9.17, 15) is 13.6 Å². The number of primary amides is 1. The number of nitrogens with two attached hydrogens (primary N) is 1. The second-order valence-electron chi connectivity index (χ2n) is 5.58. The molecular weight excluding hydrogens is 342 g/mol. The van der Waals surface area contributed by atoms with Crippen LogP contribution in [0.15, 0.2) is 59.3 Å². The molecule has 0 spiro atoms. The summed E-state index contributed by atoms with van der Waals surface area (Å²) in [6, 6.07) is 11.6. The zero-order valence-corrected chi connectivity index (χ0v) is 13.3. The number of rotatable bonds is 4. The van der Waals surface area contributed by atoms with Crippen molar-refractivity contribution in [2.45, 2.75) is 6.61 Å². The molecule has 1 amide bonds. The maximum atomic E-state index is 12.9. The monoisotopic (exact) mass is 354 g/mol. The number of alkyl halides is 2. The van der Waals surface area contributed by atoms with E-state index in [1.165, 1.54) is 18.5 Å². The number of benzene rings is 2. The zero-order chi connectivity index (χ0) is 18.3. The molecule has 0 saturated heterocycles. The minimum absolute atomic E-state index is 0.0538. The normalized spacial score (nSPS) is 11.3. The molecular formula is C19H12F2N2O3. The summed E-state index contributed by atoms with van der Waals surface area (Å²) in [5.41, 5.74) is 7.27. The Morgan fingerprint density at radius 2 is 1.88 bits per heavy atom. The maximum absolute atomic E-state index is 12.9. The number of halogens is 2. The average Bonchev–Trinajstić information content (AvgIpc) is 3.01. The molecule has 0 fully saturated rings. The van der Waals surface area contributed by atoms with Crippen molar-refractivity contribution < 1.29 is 22.7 Å². The molecule has 0 atom stereocenters. The number of carbonyl (C=O) groups excluding carboxylic acids is 1. The van der Waals surface area contributed by atoms with E-state index in [0.29, 0.717) is 27.5 Å². The minimum atomic E-state index is -3.05. The molecule has 26 heavy (non-hydrogen) atoms. The molecule has 2 N–H and O–H groups in total. The van der Waals surface area contributed by atoms with Gasteiger partial charge in [0.2, 0.25) is 5.91 Å². The van der Waals surface area contributed by atoms with Gasteiger partial charge in [-0.2, -0.15) is 8.78 Å². The van der Waals surface area contributed by atoms with Crippen LogP contribution < -0.4 is 10.5 Å². The van der Waals surface area contributed by atoms with Crippen LogP contribution in [0.3, 0.4) is 0 Å². The minimum Gasteiger partial charge on any atom is -0.452 e. The highest BCUT2D eigenvalue weighted by Crippen LogP contribution is 2.42. The SMILES string of the molecule is NC(=O)c1c(-c2ccncc2)cc(OC(F)F)c2oc3ccccc3c12. The van der Waals surface area contributed by atoms with E-state index in [1.54, 1.807) is 36.4 Å². The van der Waals surface area contributed by atoms with Crippen LogP contribution in [0.1, 0.15) is 10.4 Å². The highest BCUT2D eigenvalue weighted by atomic mass is 19.3. The van der Waals surface area contributed by atoms with E-state index in [1.807, 2.05) is 0 Å². The summed E-state index contributed by atoms with van der Waals surface area (Å²) in [6.07, 6.45) is 3.07. The van der Waals surface area contributed by atoms with E-state index < -0.39 is 12.5 Å². The van der Waals surface area contributed by atoms with E-state index >= 15 is 0 Å². The molecule has 4 rings (SSSR count). The Morgan fingerprint density at radius 3 is 2.58 bits per heavy atom. The van der Waals surface area contributed by atoms with Gasteiger partial charge in [-0.3, -0.25) is 9.78 Å². The van der Waals surface area contributed by atoms with Crippen LogP contribution in [0, 0.1) is 0 Å². The summed E-state index contributed by atoms with van der Waals surface area (Å²) < 4.78 is 36.2. The Morgan fingerprint density at radius 1 is 1.15 bits per heavy atom. The molecule has 130 valence electrons. The molecule has 2 aromatic carbocycles. The van der Waals surface area contributed by atoms with Crippen LogP contribution in [0.5, 0.6) is 5.75 Å². The number of ether oxygens (including phenoxy) is 1. The quantitative estimate of drug-likeness (QED) is 0.591. The zero-order valence-electron chi connectivity index (χ0n) is 13.3. The molecule has 5 nitrogen and oxygen atoms in total. The lowest BCUT2D eigenvalue weighted by Gasteiger charge is -2.12. The highest BCUT2D eigenvalue weighted by molar-refractivity contribution is 6.20. The Balaban J connectivity index is 2.18. The maximum Gasteiger partial charge on any atom is 0.387 e. The second kappa shape index (κ2) is 6.11. The van der Waals surface area contributed by atoms with Gasteiger partial charge < -0.3 is 14.9 Å². The number of fused-ring (bicyclic) bond motifs is 3. The van der Waals surface area contributed by atoms with Gasteiger partial charge in [0.25, 0.3) is 0 Å².